The van der Waals surface area contributed by atoms with E-state index < -0.39 is 27.6 Å². The zero-order chi connectivity index (χ0) is 29.4. The van der Waals surface area contributed by atoms with Gasteiger partial charge in [-0.15, -0.1) is 0 Å². The van der Waals surface area contributed by atoms with Gasteiger partial charge in [-0.25, -0.2) is 4.98 Å². The second-order valence-electron chi connectivity index (χ2n) is 9.43. The van der Waals surface area contributed by atoms with Crippen LogP contribution in [0.2, 0.25) is 5.02 Å². The number of rotatable bonds is 8. The summed E-state index contributed by atoms with van der Waals surface area (Å²) in [6.45, 7) is 0.277. The normalized spacial score (nSPS) is 17.0. The standard InChI is InChI=1S/C28H24ClF3N2O6S/c1-38-25-8-6-20(34-41(36,37)28(30,31)32)11-17(25)10-18-14-40-26-9-7-22(13-23(26)27(18)35)39-15-21-5-3-16-2-4-19(29)12-24(16)33-21/h2-9,11-13,18,27,34-35H,10,14-15H2,1H3/t18-,27-/m1/s1. The van der Waals surface area contributed by atoms with Crippen LogP contribution in [0.5, 0.6) is 17.2 Å². The van der Waals surface area contributed by atoms with Crippen LogP contribution < -0.4 is 18.9 Å². The molecule has 1 aliphatic heterocycles. The molecule has 1 aromatic heterocycles. The molecule has 2 atom stereocenters. The lowest BCUT2D eigenvalue weighted by molar-refractivity contribution is -0.0429. The highest BCUT2D eigenvalue weighted by Gasteiger charge is 2.46. The van der Waals surface area contributed by atoms with Gasteiger partial charge in [0.15, 0.2) is 0 Å². The third kappa shape index (κ3) is 6.29. The highest BCUT2D eigenvalue weighted by atomic mass is 35.5. The lowest BCUT2D eigenvalue weighted by Crippen LogP contribution is -2.30. The molecule has 0 saturated carbocycles. The second-order valence-corrected chi connectivity index (χ2v) is 11.5. The van der Waals surface area contributed by atoms with Crippen LogP contribution >= 0.6 is 11.6 Å². The van der Waals surface area contributed by atoms with Crippen LogP contribution in [-0.4, -0.2) is 37.7 Å². The second kappa shape index (κ2) is 11.3. The minimum Gasteiger partial charge on any atom is -0.496 e. The number of hydrogen-bond donors (Lipinski definition) is 2. The van der Waals surface area contributed by atoms with Gasteiger partial charge in [-0.1, -0.05) is 23.7 Å². The lowest BCUT2D eigenvalue weighted by Gasteiger charge is -2.31. The van der Waals surface area contributed by atoms with E-state index in [2.05, 4.69) is 4.98 Å². The van der Waals surface area contributed by atoms with Gasteiger partial charge in [-0.3, -0.25) is 4.72 Å². The smallest absolute Gasteiger partial charge is 0.496 e. The Morgan fingerprint density at radius 2 is 1.88 bits per heavy atom. The van der Waals surface area contributed by atoms with E-state index in [9.17, 15) is 26.7 Å². The number of aromatic nitrogens is 1. The number of aliphatic hydroxyl groups is 1. The summed E-state index contributed by atoms with van der Waals surface area (Å²) in [4.78, 5) is 4.57. The molecule has 1 aliphatic rings. The first-order chi connectivity index (χ1) is 19.4. The number of fused-ring (bicyclic) bond motifs is 2. The third-order valence-electron chi connectivity index (χ3n) is 6.62. The zero-order valence-electron chi connectivity index (χ0n) is 21.5. The molecule has 41 heavy (non-hydrogen) atoms. The fraction of sp³-hybridized carbons (Fsp3) is 0.250. The van der Waals surface area contributed by atoms with Crippen molar-refractivity contribution in [3.63, 3.8) is 0 Å². The van der Waals surface area contributed by atoms with Crippen LogP contribution in [0.4, 0.5) is 18.9 Å². The highest BCUT2D eigenvalue weighted by Crippen LogP contribution is 2.40. The van der Waals surface area contributed by atoms with E-state index in [1.54, 1.807) is 30.3 Å². The van der Waals surface area contributed by atoms with Crippen molar-refractivity contribution >= 4 is 38.2 Å². The Hall–Kier alpha value is -3.74. The van der Waals surface area contributed by atoms with Gasteiger partial charge in [0.05, 0.1) is 31.0 Å². The van der Waals surface area contributed by atoms with Gasteiger partial charge < -0.3 is 19.3 Å². The molecule has 0 radical (unpaired) electrons. The Balaban J connectivity index is 1.31. The van der Waals surface area contributed by atoms with Crippen molar-refractivity contribution in [3.05, 3.63) is 88.6 Å². The predicted molar refractivity (Wildman–Crippen MR) is 147 cm³/mol. The van der Waals surface area contributed by atoms with Crippen LogP contribution in [0, 0.1) is 5.92 Å². The average Bonchev–Trinajstić information content (AvgIpc) is 2.92. The summed E-state index contributed by atoms with van der Waals surface area (Å²) < 4.78 is 80.3. The molecular formula is C28H24ClF3N2O6S. The molecule has 0 bridgehead atoms. The fourth-order valence-electron chi connectivity index (χ4n) is 4.56. The first-order valence-electron chi connectivity index (χ1n) is 12.3. The molecular weight excluding hydrogens is 585 g/mol. The molecule has 0 spiro atoms. The first kappa shape index (κ1) is 28.8. The van der Waals surface area contributed by atoms with Crippen molar-refractivity contribution in [1.82, 2.24) is 4.98 Å². The number of sulfonamides is 1. The Labute approximate surface area is 238 Å². The quantitative estimate of drug-likeness (QED) is 0.252. The Kier molecular flexibility index (Phi) is 7.91. The zero-order valence-corrected chi connectivity index (χ0v) is 23.1. The van der Waals surface area contributed by atoms with Gasteiger partial charge in [-0.2, -0.15) is 21.6 Å². The minimum absolute atomic E-state index is 0.111. The molecule has 2 heterocycles. The predicted octanol–water partition coefficient (Wildman–Crippen LogP) is 6.02. The minimum atomic E-state index is -5.60. The van der Waals surface area contributed by atoms with Crippen molar-refractivity contribution in [1.29, 1.82) is 0 Å². The molecule has 4 aromatic rings. The lowest BCUT2D eigenvalue weighted by atomic mass is 9.87. The molecule has 5 rings (SSSR count). The molecule has 8 nitrogen and oxygen atoms in total. The first-order valence-corrected chi connectivity index (χ1v) is 14.2. The summed E-state index contributed by atoms with van der Waals surface area (Å²) in [7, 11) is -4.22. The Morgan fingerprint density at radius 3 is 2.63 bits per heavy atom. The summed E-state index contributed by atoms with van der Waals surface area (Å²) >= 11 is 6.07. The topological polar surface area (TPSA) is 107 Å². The molecule has 216 valence electrons. The van der Waals surface area contributed by atoms with E-state index in [0.717, 1.165) is 17.0 Å². The third-order valence-corrected chi connectivity index (χ3v) is 7.97. The number of benzene rings is 3. The van der Waals surface area contributed by atoms with Crippen molar-refractivity contribution in [2.45, 2.75) is 24.6 Å². The highest BCUT2D eigenvalue weighted by molar-refractivity contribution is 7.93. The number of nitrogens with zero attached hydrogens (tertiary/aromatic N) is 1. The summed E-state index contributed by atoms with van der Waals surface area (Å²) in [5.74, 6) is 0.742. The number of nitrogens with one attached hydrogen (secondary N) is 1. The summed E-state index contributed by atoms with van der Waals surface area (Å²) in [6, 6.07) is 18.0. The van der Waals surface area contributed by atoms with E-state index in [1.807, 2.05) is 18.2 Å². The summed E-state index contributed by atoms with van der Waals surface area (Å²) in [5.41, 5.74) is -3.47. The van der Waals surface area contributed by atoms with Crippen LogP contribution in [0.25, 0.3) is 10.9 Å². The van der Waals surface area contributed by atoms with Gasteiger partial charge in [0.25, 0.3) is 0 Å². The largest absolute Gasteiger partial charge is 0.516 e. The number of hydrogen-bond acceptors (Lipinski definition) is 7. The Bertz CT molecular complexity index is 1700. The van der Waals surface area contributed by atoms with E-state index in [-0.39, 0.29) is 25.3 Å². The number of aliphatic hydroxyl groups excluding tert-OH is 1. The van der Waals surface area contributed by atoms with E-state index >= 15 is 0 Å². The van der Waals surface area contributed by atoms with Gasteiger partial charge in [0, 0.05) is 27.6 Å². The van der Waals surface area contributed by atoms with Crippen LogP contribution in [0.15, 0.2) is 66.7 Å². The van der Waals surface area contributed by atoms with Crippen LogP contribution in [0.3, 0.4) is 0 Å². The van der Waals surface area contributed by atoms with Crippen molar-refractivity contribution in [2.75, 3.05) is 18.4 Å². The molecule has 0 saturated heterocycles. The monoisotopic (exact) mass is 608 g/mol. The van der Waals surface area contributed by atoms with Gasteiger partial charge >= 0.3 is 15.5 Å². The van der Waals surface area contributed by atoms with E-state index in [4.69, 9.17) is 25.8 Å². The van der Waals surface area contributed by atoms with Crippen LogP contribution in [0.1, 0.15) is 22.9 Å². The number of alkyl halides is 3. The Morgan fingerprint density at radius 1 is 1.10 bits per heavy atom. The number of methoxy groups -OCH3 is 1. The van der Waals surface area contributed by atoms with Crippen molar-refractivity contribution < 1.29 is 40.9 Å². The molecule has 0 unspecified atom stereocenters. The summed E-state index contributed by atoms with van der Waals surface area (Å²) in [6.07, 6.45) is -0.886. The van der Waals surface area contributed by atoms with Gasteiger partial charge in [0.1, 0.15) is 23.9 Å². The number of ether oxygens (including phenoxy) is 3. The number of pyridine rings is 1. The number of halogens is 4. The maximum atomic E-state index is 12.8. The molecule has 3 aromatic carbocycles. The summed E-state index contributed by atoms with van der Waals surface area (Å²) in [5, 5.41) is 12.7. The maximum absolute atomic E-state index is 12.8. The maximum Gasteiger partial charge on any atom is 0.516 e. The van der Waals surface area contributed by atoms with Crippen molar-refractivity contribution in [2.24, 2.45) is 5.92 Å². The van der Waals surface area contributed by atoms with Crippen molar-refractivity contribution in [3.8, 4) is 17.2 Å². The van der Waals surface area contributed by atoms with E-state index in [1.165, 1.54) is 24.0 Å². The fourth-order valence-corrected chi connectivity index (χ4v) is 5.28. The van der Waals surface area contributed by atoms with Crippen LogP contribution in [-0.2, 0) is 23.1 Å². The number of anilines is 1. The molecule has 2 N–H and O–H groups in total. The molecule has 0 aliphatic carbocycles. The molecule has 13 heteroatoms. The van der Waals surface area contributed by atoms with E-state index in [0.29, 0.717) is 39.1 Å². The molecule has 0 fully saturated rings. The SMILES string of the molecule is COc1ccc(NS(=O)(=O)C(F)(F)F)cc1C[C@@H]1COc2ccc(OCc3ccc4ccc(Cl)cc4n3)cc2[C@@H]1O. The van der Waals surface area contributed by atoms with Gasteiger partial charge in [0.2, 0.25) is 0 Å². The molecule has 0 amide bonds. The van der Waals surface area contributed by atoms with Gasteiger partial charge in [-0.05, 0) is 66.6 Å². The average molecular weight is 609 g/mol.